The van der Waals surface area contributed by atoms with E-state index in [0.29, 0.717) is 11.5 Å². The van der Waals surface area contributed by atoms with E-state index in [1.165, 1.54) is 22.8 Å². The zero-order valence-electron chi connectivity index (χ0n) is 13.4. The van der Waals surface area contributed by atoms with Crippen molar-refractivity contribution >= 4 is 33.2 Å². The molecule has 2 aliphatic rings. The summed E-state index contributed by atoms with van der Waals surface area (Å²) in [6, 6.07) is 1.07. The maximum atomic E-state index is 12.9. The van der Waals surface area contributed by atoms with Crippen LogP contribution < -0.4 is 5.32 Å². The van der Waals surface area contributed by atoms with E-state index in [1.54, 1.807) is 11.9 Å². The van der Waals surface area contributed by atoms with Crippen LogP contribution in [0.3, 0.4) is 0 Å². The molecule has 1 N–H and O–H groups in total. The van der Waals surface area contributed by atoms with Crippen molar-refractivity contribution in [3.63, 3.8) is 0 Å². The second-order valence-electron chi connectivity index (χ2n) is 5.89. The van der Waals surface area contributed by atoms with Gasteiger partial charge < -0.3 is 15.0 Å². The third kappa shape index (κ3) is 2.94. The maximum absolute atomic E-state index is 12.9. The first-order chi connectivity index (χ1) is 11.3. The summed E-state index contributed by atoms with van der Waals surface area (Å²) in [5.41, 5.74) is 0. The Kier molecular flexibility index (Phi) is 4.65. The first-order valence-corrected chi connectivity index (χ1v) is 9.81. The third-order valence-electron chi connectivity index (χ3n) is 4.38. The molecular formula is C14H19N3O5S2. The second-order valence-corrected chi connectivity index (χ2v) is 8.73. The molecule has 2 bridgehead atoms. The van der Waals surface area contributed by atoms with Crippen molar-refractivity contribution in [2.45, 2.75) is 10.9 Å². The van der Waals surface area contributed by atoms with E-state index < -0.39 is 15.9 Å². The maximum Gasteiger partial charge on any atom is 0.261 e. The van der Waals surface area contributed by atoms with Crippen LogP contribution in [0.25, 0.3) is 0 Å². The number of sulfonamides is 1. The number of nitrogens with one attached hydrogen (secondary N) is 1. The Morgan fingerprint density at radius 1 is 1.38 bits per heavy atom. The SMILES string of the molecule is CNC(=O)c1cc(S(=O)(=O)N2C[C@@H]3COC[C@H](C2)N(C)C3=O)cs1. The monoisotopic (exact) mass is 373 g/mol. The quantitative estimate of drug-likeness (QED) is 0.777. The van der Waals surface area contributed by atoms with Crippen LogP contribution >= 0.6 is 11.3 Å². The molecule has 24 heavy (non-hydrogen) atoms. The minimum absolute atomic E-state index is 0.0853. The number of fused-ring (bicyclic) bond motifs is 3. The highest BCUT2D eigenvalue weighted by molar-refractivity contribution is 7.89. The van der Waals surface area contributed by atoms with Crippen LogP contribution in [-0.2, 0) is 19.6 Å². The van der Waals surface area contributed by atoms with Gasteiger partial charge in [0.1, 0.15) is 0 Å². The van der Waals surface area contributed by atoms with Gasteiger partial charge in [-0.3, -0.25) is 9.59 Å². The lowest BCUT2D eigenvalue weighted by Gasteiger charge is -2.28. The Morgan fingerprint density at radius 2 is 2.12 bits per heavy atom. The number of nitrogens with zero attached hydrogens (tertiary/aromatic N) is 2. The van der Waals surface area contributed by atoms with Crippen LogP contribution in [-0.4, -0.2) is 75.9 Å². The molecule has 0 aromatic carbocycles. The number of rotatable bonds is 3. The fourth-order valence-corrected chi connectivity index (χ4v) is 5.63. The van der Waals surface area contributed by atoms with Gasteiger partial charge in [-0.25, -0.2) is 8.42 Å². The zero-order chi connectivity index (χ0) is 17.5. The van der Waals surface area contributed by atoms with Gasteiger partial charge in [-0.1, -0.05) is 0 Å². The number of ether oxygens (including phenoxy) is 1. The molecule has 0 unspecified atom stereocenters. The zero-order valence-corrected chi connectivity index (χ0v) is 15.0. The van der Waals surface area contributed by atoms with Gasteiger partial charge in [0.25, 0.3) is 5.91 Å². The summed E-state index contributed by atoms with van der Waals surface area (Å²) in [6.07, 6.45) is 0. The van der Waals surface area contributed by atoms with Gasteiger partial charge in [0.05, 0.1) is 34.9 Å². The number of hydrogen-bond donors (Lipinski definition) is 1. The van der Waals surface area contributed by atoms with Crippen LogP contribution in [0, 0.1) is 5.92 Å². The molecule has 2 aliphatic heterocycles. The van der Waals surface area contributed by atoms with Crippen LogP contribution in [0.5, 0.6) is 0 Å². The van der Waals surface area contributed by atoms with E-state index in [-0.39, 0.29) is 42.4 Å². The van der Waals surface area contributed by atoms with Crippen LogP contribution in [0.4, 0.5) is 0 Å². The summed E-state index contributed by atoms with van der Waals surface area (Å²) >= 11 is 1.08. The van der Waals surface area contributed by atoms with Crippen LogP contribution in [0.15, 0.2) is 16.3 Å². The molecule has 0 radical (unpaired) electrons. The summed E-state index contributed by atoms with van der Waals surface area (Å²) < 4.78 is 32.7. The van der Waals surface area contributed by atoms with Crippen molar-refractivity contribution in [1.29, 1.82) is 0 Å². The molecule has 3 rings (SSSR count). The Hall–Kier alpha value is -1.49. The van der Waals surface area contributed by atoms with Crippen molar-refractivity contribution < 1.29 is 22.7 Å². The minimum Gasteiger partial charge on any atom is -0.378 e. The molecule has 10 heteroatoms. The molecule has 2 fully saturated rings. The topological polar surface area (TPSA) is 96.0 Å². The third-order valence-corrected chi connectivity index (χ3v) is 7.26. The number of hydrogen-bond acceptors (Lipinski definition) is 6. The van der Waals surface area contributed by atoms with Crippen LogP contribution in [0.2, 0.25) is 0 Å². The molecule has 0 aliphatic carbocycles. The molecule has 1 aromatic rings. The fraction of sp³-hybridized carbons (Fsp3) is 0.571. The molecule has 2 saturated heterocycles. The standard InChI is InChI=1S/C14H19N3O5S2/c1-15-13(18)12-3-11(8-23-12)24(20,21)17-4-9-6-22-7-10(5-17)16(2)14(9)19/h3,8-10H,4-7H2,1-2H3,(H,15,18)/t9-,10+/m1/s1. The number of thiophene rings is 1. The number of carbonyl (C=O) groups excluding carboxylic acids is 2. The van der Waals surface area contributed by atoms with E-state index >= 15 is 0 Å². The Labute approximate surface area is 144 Å². The van der Waals surface area contributed by atoms with Gasteiger partial charge in [0.15, 0.2) is 0 Å². The van der Waals surface area contributed by atoms with Crippen molar-refractivity contribution in [1.82, 2.24) is 14.5 Å². The van der Waals surface area contributed by atoms with E-state index in [9.17, 15) is 18.0 Å². The van der Waals surface area contributed by atoms with Crippen molar-refractivity contribution in [3.05, 3.63) is 16.3 Å². The predicted octanol–water partition coefficient (Wildman–Crippen LogP) is -0.415. The second kappa shape index (κ2) is 6.43. The average molecular weight is 373 g/mol. The van der Waals surface area contributed by atoms with Gasteiger partial charge in [0.2, 0.25) is 15.9 Å². The molecule has 132 valence electrons. The van der Waals surface area contributed by atoms with E-state index in [4.69, 9.17) is 4.74 Å². The first-order valence-electron chi connectivity index (χ1n) is 7.49. The molecule has 1 aromatic heterocycles. The van der Waals surface area contributed by atoms with Crippen molar-refractivity contribution in [3.8, 4) is 0 Å². The van der Waals surface area contributed by atoms with Gasteiger partial charge in [-0.2, -0.15) is 4.31 Å². The normalized spacial score (nSPS) is 25.4. The predicted molar refractivity (Wildman–Crippen MR) is 87.3 cm³/mol. The average Bonchev–Trinajstić information content (AvgIpc) is 2.95. The highest BCUT2D eigenvalue weighted by Crippen LogP contribution is 2.27. The van der Waals surface area contributed by atoms with E-state index in [0.717, 1.165) is 11.3 Å². The van der Waals surface area contributed by atoms with Crippen molar-refractivity contribution in [2.24, 2.45) is 5.92 Å². The molecular weight excluding hydrogens is 354 g/mol. The van der Waals surface area contributed by atoms with Crippen molar-refractivity contribution in [2.75, 3.05) is 40.4 Å². The van der Waals surface area contributed by atoms with E-state index in [2.05, 4.69) is 5.32 Å². The molecule has 0 spiro atoms. The molecule has 2 atom stereocenters. The Morgan fingerprint density at radius 3 is 2.83 bits per heavy atom. The largest absolute Gasteiger partial charge is 0.378 e. The number of likely N-dealkylation sites (N-methyl/N-ethyl adjacent to an activating group) is 1. The highest BCUT2D eigenvalue weighted by Gasteiger charge is 2.41. The fourth-order valence-electron chi connectivity index (χ4n) is 2.90. The summed E-state index contributed by atoms with van der Waals surface area (Å²) in [5.74, 6) is -0.918. The smallest absolute Gasteiger partial charge is 0.261 e. The summed E-state index contributed by atoms with van der Waals surface area (Å²) in [7, 11) is -0.593. The lowest BCUT2D eigenvalue weighted by Crippen LogP contribution is -2.44. The van der Waals surface area contributed by atoms with Gasteiger partial charge in [-0.05, 0) is 6.07 Å². The van der Waals surface area contributed by atoms with Gasteiger partial charge in [0, 0.05) is 32.6 Å². The number of carbonyl (C=O) groups is 2. The Balaban J connectivity index is 1.91. The number of amides is 2. The minimum atomic E-state index is -3.77. The van der Waals surface area contributed by atoms with Crippen LogP contribution in [0.1, 0.15) is 9.67 Å². The summed E-state index contributed by atoms with van der Waals surface area (Å²) in [5, 5.41) is 3.94. The lowest BCUT2D eigenvalue weighted by molar-refractivity contribution is -0.133. The van der Waals surface area contributed by atoms with E-state index in [1.807, 2.05) is 0 Å². The molecule has 3 heterocycles. The summed E-state index contributed by atoms with van der Waals surface area (Å²) in [6.45, 7) is 0.816. The first kappa shape index (κ1) is 17.3. The van der Waals surface area contributed by atoms with Gasteiger partial charge >= 0.3 is 0 Å². The van der Waals surface area contributed by atoms with Gasteiger partial charge in [-0.15, -0.1) is 11.3 Å². The molecule has 0 saturated carbocycles. The summed E-state index contributed by atoms with van der Waals surface area (Å²) in [4.78, 5) is 26.0. The molecule has 8 nitrogen and oxygen atoms in total. The lowest BCUT2D eigenvalue weighted by atomic mass is 10.1. The molecule has 2 amide bonds. The highest BCUT2D eigenvalue weighted by atomic mass is 32.2. The Bertz CT molecular complexity index is 760.